The number of sulfonamides is 1. The standard InChI is InChI=1S/C20H23N3O6S/c1-5-28-15-7-9-16(10-8-15)30(24,25)23(2)13-19-21-20(22-29-19)14-6-11-17(26-3)18(12-14)27-4/h6-12H,5,13H2,1-4H3. The molecule has 0 radical (unpaired) electrons. The predicted octanol–water partition coefficient (Wildman–Crippen LogP) is 2.97. The van der Waals surface area contributed by atoms with Gasteiger partial charge in [0, 0.05) is 12.6 Å². The van der Waals surface area contributed by atoms with Crippen molar-refractivity contribution in [3.8, 4) is 28.6 Å². The molecule has 2 aromatic carbocycles. The summed E-state index contributed by atoms with van der Waals surface area (Å²) in [7, 11) is 0.798. The summed E-state index contributed by atoms with van der Waals surface area (Å²) in [6.07, 6.45) is 0. The second-order valence-electron chi connectivity index (χ2n) is 6.25. The maximum atomic E-state index is 12.8. The molecule has 0 bridgehead atoms. The Morgan fingerprint density at radius 1 is 1.03 bits per heavy atom. The molecule has 3 rings (SSSR count). The molecule has 30 heavy (non-hydrogen) atoms. The first-order valence-electron chi connectivity index (χ1n) is 9.13. The van der Waals surface area contributed by atoms with Crippen molar-refractivity contribution in [3.63, 3.8) is 0 Å². The van der Waals surface area contributed by atoms with Gasteiger partial charge in [0.25, 0.3) is 0 Å². The zero-order chi connectivity index (χ0) is 21.7. The number of nitrogens with zero attached hydrogens (tertiary/aromatic N) is 3. The summed E-state index contributed by atoms with van der Waals surface area (Å²) in [5.41, 5.74) is 0.652. The Bertz CT molecular complexity index is 1100. The van der Waals surface area contributed by atoms with Gasteiger partial charge in [-0.15, -0.1) is 0 Å². The molecule has 1 heterocycles. The molecule has 0 aliphatic rings. The zero-order valence-corrected chi connectivity index (χ0v) is 18.0. The maximum Gasteiger partial charge on any atom is 0.243 e. The van der Waals surface area contributed by atoms with E-state index in [1.54, 1.807) is 37.4 Å². The number of hydrogen-bond donors (Lipinski definition) is 0. The molecule has 0 atom stereocenters. The summed E-state index contributed by atoms with van der Waals surface area (Å²) in [6, 6.07) is 11.4. The van der Waals surface area contributed by atoms with Crippen LogP contribution < -0.4 is 14.2 Å². The molecule has 0 saturated carbocycles. The van der Waals surface area contributed by atoms with Gasteiger partial charge in [0.15, 0.2) is 11.5 Å². The van der Waals surface area contributed by atoms with Crippen LogP contribution in [0, 0.1) is 0 Å². The minimum Gasteiger partial charge on any atom is -0.494 e. The van der Waals surface area contributed by atoms with Gasteiger partial charge in [-0.3, -0.25) is 0 Å². The van der Waals surface area contributed by atoms with E-state index in [-0.39, 0.29) is 17.3 Å². The van der Waals surface area contributed by atoms with Crippen LogP contribution in [0.3, 0.4) is 0 Å². The Labute approximate surface area is 175 Å². The van der Waals surface area contributed by atoms with E-state index in [4.69, 9.17) is 18.7 Å². The van der Waals surface area contributed by atoms with Crippen molar-refractivity contribution in [2.45, 2.75) is 18.4 Å². The summed E-state index contributed by atoms with van der Waals surface area (Å²) in [4.78, 5) is 4.44. The van der Waals surface area contributed by atoms with Crippen molar-refractivity contribution in [2.75, 3.05) is 27.9 Å². The third kappa shape index (κ3) is 4.55. The second-order valence-corrected chi connectivity index (χ2v) is 8.29. The smallest absolute Gasteiger partial charge is 0.243 e. The number of rotatable bonds is 9. The number of ether oxygens (including phenoxy) is 3. The van der Waals surface area contributed by atoms with Crippen LogP contribution in [0.5, 0.6) is 17.2 Å². The second kappa shape index (κ2) is 9.14. The first-order valence-corrected chi connectivity index (χ1v) is 10.6. The maximum absolute atomic E-state index is 12.8. The zero-order valence-electron chi connectivity index (χ0n) is 17.2. The predicted molar refractivity (Wildman–Crippen MR) is 109 cm³/mol. The lowest BCUT2D eigenvalue weighted by molar-refractivity contribution is 0.336. The molecule has 0 N–H and O–H groups in total. The van der Waals surface area contributed by atoms with E-state index in [1.807, 2.05) is 6.92 Å². The monoisotopic (exact) mass is 433 g/mol. The number of methoxy groups -OCH3 is 2. The SMILES string of the molecule is CCOc1ccc(S(=O)(=O)N(C)Cc2nc(-c3ccc(OC)c(OC)c3)no2)cc1. The molecular formula is C20H23N3O6S. The van der Waals surface area contributed by atoms with Gasteiger partial charge in [-0.05, 0) is 49.4 Å². The van der Waals surface area contributed by atoms with Crippen LogP contribution in [-0.4, -0.2) is 50.7 Å². The lowest BCUT2D eigenvalue weighted by atomic mass is 10.2. The minimum atomic E-state index is -3.73. The van der Waals surface area contributed by atoms with Gasteiger partial charge in [-0.2, -0.15) is 9.29 Å². The molecule has 9 nitrogen and oxygen atoms in total. The molecule has 160 valence electrons. The van der Waals surface area contributed by atoms with Gasteiger partial charge < -0.3 is 18.7 Å². The molecule has 1 aromatic heterocycles. The Balaban J connectivity index is 1.76. The fourth-order valence-electron chi connectivity index (χ4n) is 2.74. The van der Waals surface area contributed by atoms with E-state index in [9.17, 15) is 8.42 Å². The molecule has 0 aliphatic heterocycles. The van der Waals surface area contributed by atoms with Crippen LogP contribution in [0.2, 0.25) is 0 Å². The molecule has 0 unspecified atom stereocenters. The molecular weight excluding hydrogens is 410 g/mol. The Hall–Kier alpha value is -3.11. The van der Waals surface area contributed by atoms with Gasteiger partial charge in [0.2, 0.25) is 21.7 Å². The quantitative estimate of drug-likeness (QED) is 0.507. The highest BCUT2D eigenvalue weighted by molar-refractivity contribution is 7.89. The molecule has 0 aliphatic carbocycles. The van der Waals surface area contributed by atoms with Crippen molar-refractivity contribution in [3.05, 3.63) is 48.4 Å². The van der Waals surface area contributed by atoms with Crippen LogP contribution in [-0.2, 0) is 16.6 Å². The summed E-state index contributed by atoms with van der Waals surface area (Å²) < 4.78 is 47.8. The van der Waals surface area contributed by atoms with Gasteiger partial charge in [0.1, 0.15) is 5.75 Å². The van der Waals surface area contributed by atoms with Crippen LogP contribution >= 0.6 is 0 Å². The topological polar surface area (TPSA) is 104 Å². The molecule has 10 heteroatoms. The first kappa shape index (κ1) is 21.6. The summed E-state index contributed by atoms with van der Waals surface area (Å²) in [5.74, 6) is 2.19. The van der Waals surface area contributed by atoms with Gasteiger partial charge in [0.05, 0.1) is 32.3 Å². The lowest BCUT2D eigenvalue weighted by Gasteiger charge is -2.15. The van der Waals surface area contributed by atoms with Gasteiger partial charge in [-0.25, -0.2) is 8.42 Å². The van der Waals surface area contributed by atoms with E-state index in [0.717, 1.165) is 4.31 Å². The van der Waals surface area contributed by atoms with Crippen LogP contribution in [0.25, 0.3) is 11.4 Å². The number of aromatic nitrogens is 2. The van der Waals surface area contributed by atoms with Crippen LogP contribution in [0.1, 0.15) is 12.8 Å². The highest BCUT2D eigenvalue weighted by atomic mass is 32.2. The fourth-order valence-corrected chi connectivity index (χ4v) is 3.86. The third-order valence-corrected chi connectivity index (χ3v) is 6.13. The molecule has 0 saturated heterocycles. The van der Waals surface area contributed by atoms with Crippen molar-refractivity contribution in [1.29, 1.82) is 0 Å². The Morgan fingerprint density at radius 2 is 1.73 bits per heavy atom. The lowest BCUT2D eigenvalue weighted by Crippen LogP contribution is -2.26. The summed E-state index contributed by atoms with van der Waals surface area (Å²) >= 11 is 0. The van der Waals surface area contributed by atoms with E-state index in [1.165, 1.54) is 26.3 Å². The number of hydrogen-bond acceptors (Lipinski definition) is 8. The summed E-state index contributed by atoms with van der Waals surface area (Å²) in [6.45, 7) is 2.29. The van der Waals surface area contributed by atoms with Crippen molar-refractivity contribution in [2.24, 2.45) is 0 Å². The Kier molecular flexibility index (Phi) is 6.58. The average Bonchev–Trinajstić information content (AvgIpc) is 3.22. The van der Waals surface area contributed by atoms with Crippen LogP contribution in [0.15, 0.2) is 51.9 Å². The highest BCUT2D eigenvalue weighted by Crippen LogP contribution is 2.31. The molecule has 0 amide bonds. The Morgan fingerprint density at radius 3 is 2.37 bits per heavy atom. The van der Waals surface area contributed by atoms with E-state index in [2.05, 4.69) is 10.1 Å². The van der Waals surface area contributed by atoms with Crippen molar-refractivity contribution in [1.82, 2.24) is 14.4 Å². The molecule has 0 fully saturated rings. The fraction of sp³-hybridized carbons (Fsp3) is 0.300. The largest absolute Gasteiger partial charge is 0.494 e. The molecule has 0 spiro atoms. The normalized spacial score (nSPS) is 11.5. The minimum absolute atomic E-state index is 0.0736. The number of benzene rings is 2. The van der Waals surface area contributed by atoms with Gasteiger partial charge in [-0.1, -0.05) is 5.16 Å². The van der Waals surface area contributed by atoms with E-state index < -0.39 is 10.0 Å². The highest BCUT2D eigenvalue weighted by Gasteiger charge is 2.23. The van der Waals surface area contributed by atoms with Crippen LogP contribution in [0.4, 0.5) is 0 Å². The van der Waals surface area contributed by atoms with E-state index >= 15 is 0 Å². The summed E-state index contributed by atoms with van der Waals surface area (Å²) in [5, 5.41) is 3.94. The third-order valence-electron chi connectivity index (χ3n) is 4.31. The average molecular weight is 433 g/mol. The molecule has 3 aromatic rings. The van der Waals surface area contributed by atoms with E-state index in [0.29, 0.717) is 35.2 Å². The van der Waals surface area contributed by atoms with Crippen molar-refractivity contribution < 1.29 is 27.2 Å². The first-order chi connectivity index (χ1) is 14.4. The van der Waals surface area contributed by atoms with Crippen molar-refractivity contribution >= 4 is 10.0 Å². The van der Waals surface area contributed by atoms with Gasteiger partial charge >= 0.3 is 0 Å².